The standard InChI is InChI=1S/C28H30N6O4S/c1-30-26(35)11-5-3-4-10-24(34-39(36,37)21-14-12-19(17-29)13-15-21)27-31-18-25(32-27)22-16-20-8-6-7-9-23(20)33-28(22)38-2/h6-9,12-16,18,24,34H,3-5,10-11H2,1-2H3,(H,30,35)(H,31,32). The Morgan fingerprint density at radius 1 is 1.13 bits per heavy atom. The number of nitrogens with one attached hydrogen (secondary N) is 3. The molecule has 2 heterocycles. The first kappa shape index (κ1) is 27.8. The summed E-state index contributed by atoms with van der Waals surface area (Å²) in [6, 6.07) is 16.7. The summed E-state index contributed by atoms with van der Waals surface area (Å²) in [5.41, 5.74) is 2.51. The fourth-order valence-corrected chi connectivity index (χ4v) is 5.48. The van der Waals surface area contributed by atoms with Crippen molar-refractivity contribution in [1.82, 2.24) is 25.0 Å². The van der Waals surface area contributed by atoms with E-state index < -0.39 is 16.1 Å². The Labute approximate surface area is 227 Å². The summed E-state index contributed by atoms with van der Waals surface area (Å²) in [4.78, 5) is 24.0. The number of aromatic nitrogens is 3. The molecule has 10 nitrogen and oxygen atoms in total. The third-order valence-corrected chi connectivity index (χ3v) is 7.85. The summed E-state index contributed by atoms with van der Waals surface area (Å²) >= 11 is 0. The lowest BCUT2D eigenvalue weighted by Crippen LogP contribution is -2.29. The Morgan fingerprint density at radius 2 is 1.90 bits per heavy atom. The lowest BCUT2D eigenvalue weighted by Gasteiger charge is -2.17. The first-order valence-electron chi connectivity index (χ1n) is 12.6. The number of H-pyrrole nitrogens is 1. The summed E-state index contributed by atoms with van der Waals surface area (Å²) in [6.07, 6.45) is 4.63. The van der Waals surface area contributed by atoms with Crippen LogP contribution in [0, 0.1) is 11.3 Å². The molecule has 4 rings (SSSR count). The fraction of sp³-hybridized carbons (Fsp3) is 0.286. The SMILES string of the molecule is CNC(=O)CCCCCC(NS(=O)(=O)c1ccc(C#N)cc1)c1ncc(-c2cc3ccccc3nc2OC)[nH]1. The van der Waals surface area contributed by atoms with E-state index in [1.807, 2.05) is 36.4 Å². The maximum absolute atomic E-state index is 13.2. The van der Waals surface area contributed by atoms with Crippen molar-refractivity contribution in [2.45, 2.75) is 43.0 Å². The maximum Gasteiger partial charge on any atom is 0.241 e. The van der Waals surface area contributed by atoms with Gasteiger partial charge in [0.25, 0.3) is 0 Å². The van der Waals surface area contributed by atoms with Gasteiger partial charge < -0.3 is 15.0 Å². The molecule has 1 atom stereocenters. The average molecular weight is 547 g/mol. The number of imidazole rings is 1. The molecule has 0 aliphatic heterocycles. The summed E-state index contributed by atoms with van der Waals surface area (Å²) in [5, 5.41) is 12.6. The van der Waals surface area contributed by atoms with E-state index in [9.17, 15) is 13.2 Å². The molecule has 0 bridgehead atoms. The number of methoxy groups -OCH3 is 1. The number of nitrogens with zero attached hydrogens (tertiary/aromatic N) is 3. The van der Waals surface area contributed by atoms with Crippen LogP contribution in [0.1, 0.15) is 49.5 Å². The number of amides is 1. The van der Waals surface area contributed by atoms with Gasteiger partial charge in [-0.1, -0.05) is 31.0 Å². The van der Waals surface area contributed by atoms with E-state index >= 15 is 0 Å². The Bertz CT molecular complexity index is 1590. The second-order valence-corrected chi connectivity index (χ2v) is 10.7. The number of carbonyl (C=O) groups is 1. The summed E-state index contributed by atoms with van der Waals surface area (Å²) in [5.74, 6) is 0.846. The van der Waals surface area contributed by atoms with Gasteiger partial charge in [-0.05, 0) is 49.2 Å². The van der Waals surface area contributed by atoms with Gasteiger partial charge in [-0.2, -0.15) is 5.26 Å². The molecule has 202 valence electrons. The number of aromatic amines is 1. The fourth-order valence-electron chi connectivity index (χ4n) is 4.25. The molecule has 3 N–H and O–H groups in total. The highest BCUT2D eigenvalue weighted by atomic mass is 32.2. The van der Waals surface area contributed by atoms with E-state index in [0.29, 0.717) is 54.2 Å². The van der Waals surface area contributed by atoms with E-state index in [1.54, 1.807) is 20.4 Å². The van der Waals surface area contributed by atoms with Crippen molar-refractivity contribution in [2.24, 2.45) is 0 Å². The van der Waals surface area contributed by atoms with E-state index in [-0.39, 0.29) is 10.8 Å². The normalized spacial score (nSPS) is 12.1. The molecule has 0 spiro atoms. The van der Waals surface area contributed by atoms with Gasteiger partial charge in [0, 0.05) is 18.9 Å². The van der Waals surface area contributed by atoms with E-state index in [0.717, 1.165) is 17.3 Å². The number of pyridine rings is 1. The molecular weight excluding hydrogens is 516 g/mol. The zero-order valence-electron chi connectivity index (χ0n) is 21.8. The predicted octanol–water partition coefficient (Wildman–Crippen LogP) is 4.22. The highest BCUT2D eigenvalue weighted by Gasteiger charge is 2.24. The third kappa shape index (κ3) is 6.79. The van der Waals surface area contributed by atoms with Crippen molar-refractivity contribution in [3.05, 3.63) is 72.2 Å². The minimum atomic E-state index is -3.91. The summed E-state index contributed by atoms with van der Waals surface area (Å²) in [6.45, 7) is 0. The van der Waals surface area contributed by atoms with Gasteiger partial charge in [0.15, 0.2) is 0 Å². The molecule has 1 unspecified atom stereocenters. The van der Waals surface area contributed by atoms with Crippen LogP contribution in [-0.4, -0.2) is 43.4 Å². The van der Waals surface area contributed by atoms with Crippen LogP contribution in [0.3, 0.4) is 0 Å². The molecule has 0 fully saturated rings. The molecule has 0 aliphatic rings. The van der Waals surface area contributed by atoms with Crippen molar-refractivity contribution in [2.75, 3.05) is 14.2 Å². The van der Waals surface area contributed by atoms with Crippen LogP contribution in [0.2, 0.25) is 0 Å². The van der Waals surface area contributed by atoms with Gasteiger partial charge in [0.05, 0.1) is 52.7 Å². The number of hydrogen-bond acceptors (Lipinski definition) is 7. The van der Waals surface area contributed by atoms with Crippen LogP contribution in [0.25, 0.3) is 22.2 Å². The van der Waals surface area contributed by atoms with Crippen molar-refractivity contribution in [3.8, 4) is 23.2 Å². The number of ether oxygens (including phenoxy) is 1. The number of sulfonamides is 1. The van der Waals surface area contributed by atoms with Gasteiger partial charge in [-0.15, -0.1) is 0 Å². The van der Waals surface area contributed by atoms with Crippen molar-refractivity contribution < 1.29 is 17.9 Å². The van der Waals surface area contributed by atoms with E-state index in [2.05, 4.69) is 25.0 Å². The number of rotatable bonds is 12. The van der Waals surface area contributed by atoms with Crippen molar-refractivity contribution >= 4 is 26.8 Å². The monoisotopic (exact) mass is 546 g/mol. The van der Waals surface area contributed by atoms with Crippen LogP contribution in [-0.2, 0) is 14.8 Å². The number of benzene rings is 2. The maximum atomic E-state index is 13.2. The second-order valence-electron chi connectivity index (χ2n) is 9.00. The Kier molecular flexibility index (Phi) is 8.91. The molecule has 4 aromatic rings. The van der Waals surface area contributed by atoms with E-state index in [1.165, 1.54) is 24.3 Å². The van der Waals surface area contributed by atoms with Gasteiger partial charge in [0.1, 0.15) is 5.82 Å². The average Bonchev–Trinajstić information content (AvgIpc) is 3.45. The summed E-state index contributed by atoms with van der Waals surface area (Å²) < 4.78 is 34.8. The first-order chi connectivity index (χ1) is 18.8. The third-order valence-electron chi connectivity index (χ3n) is 6.36. The van der Waals surface area contributed by atoms with Gasteiger partial charge in [-0.3, -0.25) is 4.79 Å². The van der Waals surface area contributed by atoms with Crippen LogP contribution in [0.15, 0.2) is 65.7 Å². The van der Waals surface area contributed by atoms with Gasteiger partial charge in [0.2, 0.25) is 21.8 Å². The van der Waals surface area contributed by atoms with Crippen LogP contribution in [0.4, 0.5) is 0 Å². The smallest absolute Gasteiger partial charge is 0.241 e. The molecular formula is C28H30N6O4S. The number of carbonyl (C=O) groups excluding carboxylic acids is 1. The molecule has 0 radical (unpaired) electrons. The molecule has 11 heteroatoms. The van der Waals surface area contributed by atoms with Crippen LogP contribution < -0.4 is 14.8 Å². The summed E-state index contributed by atoms with van der Waals surface area (Å²) in [7, 11) is -0.761. The van der Waals surface area contributed by atoms with Gasteiger partial charge >= 0.3 is 0 Å². The lowest BCUT2D eigenvalue weighted by atomic mass is 10.1. The highest BCUT2D eigenvalue weighted by molar-refractivity contribution is 7.89. The largest absolute Gasteiger partial charge is 0.480 e. The number of nitriles is 1. The molecule has 1 amide bonds. The number of fused-ring (bicyclic) bond motifs is 1. The Balaban J connectivity index is 1.61. The van der Waals surface area contributed by atoms with E-state index in [4.69, 9.17) is 10.00 Å². The minimum absolute atomic E-state index is 0.0262. The molecule has 39 heavy (non-hydrogen) atoms. The predicted molar refractivity (Wildman–Crippen MR) is 147 cm³/mol. The topological polar surface area (TPSA) is 150 Å². The van der Waals surface area contributed by atoms with Crippen molar-refractivity contribution in [1.29, 1.82) is 5.26 Å². The zero-order valence-corrected chi connectivity index (χ0v) is 22.6. The Morgan fingerprint density at radius 3 is 2.62 bits per heavy atom. The van der Waals surface area contributed by atoms with Crippen molar-refractivity contribution in [3.63, 3.8) is 0 Å². The Hall–Kier alpha value is -4.27. The zero-order chi connectivity index (χ0) is 27.8. The number of unbranched alkanes of at least 4 members (excludes halogenated alkanes) is 2. The minimum Gasteiger partial charge on any atom is -0.480 e. The second kappa shape index (κ2) is 12.5. The molecule has 0 aliphatic carbocycles. The number of hydrogen-bond donors (Lipinski definition) is 3. The van der Waals surface area contributed by atoms with Crippen LogP contribution >= 0.6 is 0 Å². The molecule has 2 aromatic carbocycles. The molecule has 2 aromatic heterocycles. The molecule has 0 saturated carbocycles. The van der Waals surface area contributed by atoms with Crippen LogP contribution in [0.5, 0.6) is 5.88 Å². The van der Waals surface area contributed by atoms with Gasteiger partial charge in [-0.25, -0.2) is 23.1 Å². The quantitative estimate of drug-likeness (QED) is 0.225. The molecule has 0 saturated heterocycles. The number of para-hydroxylation sites is 1. The lowest BCUT2D eigenvalue weighted by molar-refractivity contribution is -0.120. The highest BCUT2D eigenvalue weighted by Crippen LogP contribution is 2.32. The first-order valence-corrected chi connectivity index (χ1v) is 14.0.